The van der Waals surface area contributed by atoms with Crippen LogP contribution in [-0.4, -0.2) is 5.11 Å². The molecule has 3 N–H and O–H groups in total. The molecule has 1 aromatic rings. The lowest BCUT2D eigenvalue weighted by Crippen LogP contribution is -1.99. The highest BCUT2D eigenvalue weighted by Crippen LogP contribution is 2.19. The van der Waals surface area contributed by atoms with Gasteiger partial charge in [0.15, 0.2) is 0 Å². The first-order valence-electron chi connectivity index (χ1n) is 3.20. The molecule has 0 heterocycles. The second-order valence-corrected chi connectivity index (χ2v) is 3.12. The normalized spacial score (nSPS) is 11.7. The van der Waals surface area contributed by atoms with Crippen LogP contribution in [0.2, 0.25) is 0 Å². The molecule has 0 aromatic heterocycles. The zero-order valence-electron chi connectivity index (χ0n) is 6.09. The van der Waals surface area contributed by atoms with Crippen molar-refractivity contribution in [1.29, 1.82) is 0 Å². The maximum absolute atomic E-state index is 13.0. The molecular weight excluding hydrogens is 225 g/mol. The summed E-state index contributed by atoms with van der Waals surface area (Å²) in [6.07, 6.45) is 0.671. The Morgan fingerprint density at radius 1 is 1.58 bits per heavy atom. The SMILES string of the molecule is N/C(=C\O)c1cc(Br)ccc1F. The molecule has 12 heavy (non-hydrogen) atoms. The molecule has 0 radical (unpaired) electrons. The van der Waals surface area contributed by atoms with Crippen LogP contribution in [0.1, 0.15) is 5.56 Å². The zero-order valence-corrected chi connectivity index (χ0v) is 7.68. The van der Waals surface area contributed by atoms with Crippen molar-refractivity contribution in [2.24, 2.45) is 5.73 Å². The Balaban J connectivity index is 3.23. The highest BCUT2D eigenvalue weighted by Gasteiger charge is 2.04. The molecule has 0 aliphatic rings. The van der Waals surface area contributed by atoms with Gasteiger partial charge in [0.1, 0.15) is 12.1 Å². The average Bonchev–Trinajstić information content (AvgIpc) is 2.08. The molecule has 0 amide bonds. The lowest BCUT2D eigenvalue weighted by Gasteiger charge is -2.01. The zero-order chi connectivity index (χ0) is 9.14. The number of rotatable bonds is 1. The number of aliphatic hydroxyl groups is 1. The van der Waals surface area contributed by atoms with Crippen LogP contribution in [0.15, 0.2) is 28.9 Å². The Hall–Kier alpha value is -1.03. The van der Waals surface area contributed by atoms with Crippen LogP contribution in [0.25, 0.3) is 5.70 Å². The van der Waals surface area contributed by atoms with Crippen LogP contribution in [0.4, 0.5) is 4.39 Å². The third-order valence-corrected chi connectivity index (χ3v) is 1.87. The first-order chi connectivity index (χ1) is 5.65. The molecule has 4 heteroatoms. The molecule has 1 rings (SSSR count). The number of benzene rings is 1. The monoisotopic (exact) mass is 231 g/mol. The summed E-state index contributed by atoms with van der Waals surface area (Å²) in [6, 6.07) is 4.33. The van der Waals surface area contributed by atoms with Gasteiger partial charge in [-0.05, 0) is 18.2 Å². The molecule has 0 fully saturated rings. The summed E-state index contributed by atoms with van der Waals surface area (Å²) in [5.41, 5.74) is 5.51. The van der Waals surface area contributed by atoms with E-state index < -0.39 is 5.82 Å². The molecule has 0 bridgehead atoms. The second-order valence-electron chi connectivity index (χ2n) is 2.21. The van der Waals surface area contributed by atoms with E-state index in [0.717, 1.165) is 0 Å². The van der Waals surface area contributed by atoms with Gasteiger partial charge in [-0.1, -0.05) is 15.9 Å². The molecule has 2 nitrogen and oxygen atoms in total. The van der Waals surface area contributed by atoms with Crippen LogP contribution in [0.3, 0.4) is 0 Å². The third kappa shape index (κ3) is 1.76. The van der Waals surface area contributed by atoms with Gasteiger partial charge < -0.3 is 10.8 Å². The van der Waals surface area contributed by atoms with E-state index in [0.29, 0.717) is 10.7 Å². The van der Waals surface area contributed by atoms with Gasteiger partial charge in [-0.25, -0.2) is 4.39 Å². The molecule has 0 atom stereocenters. The largest absolute Gasteiger partial charge is 0.513 e. The Morgan fingerprint density at radius 3 is 2.83 bits per heavy atom. The summed E-state index contributed by atoms with van der Waals surface area (Å²) in [5, 5.41) is 8.53. The van der Waals surface area contributed by atoms with Crippen molar-refractivity contribution in [3.63, 3.8) is 0 Å². The van der Waals surface area contributed by atoms with Crippen LogP contribution < -0.4 is 5.73 Å². The Labute approximate surface area is 77.6 Å². The van der Waals surface area contributed by atoms with Crippen molar-refractivity contribution in [3.05, 3.63) is 40.3 Å². The van der Waals surface area contributed by atoms with Gasteiger partial charge in [0.05, 0.1) is 5.70 Å². The Morgan fingerprint density at radius 2 is 2.25 bits per heavy atom. The summed E-state index contributed by atoms with van der Waals surface area (Å²) in [5.74, 6) is -0.457. The van der Waals surface area contributed by atoms with Gasteiger partial charge in [-0.2, -0.15) is 0 Å². The average molecular weight is 232 g/mol. The van der Waals surface area contributed by atoms with Crippen molar-refractivity contribution in [3.8, 4) is 0 Å². The van der Waals surface area contributed by atoms with Crippen molar-refractivity contribution in [2.45, 2.75) is 0 Å². The number of hydrogen-bond donors (Lipinski definition) is 2. The Bertz CT molecular complexity index is 325. The first kappa shape index (κ1) is 9.06. The van der Waals surface area contributed by atoms with Gasteiger partial charge in [0.25, 0.3) is 0 Å². The fraction of sp³-hybridized carbons (Fsp3) is 0. The molecule has 64 valence electrons. The lowest BCUT2D eigenvalue weighted by molar-refractivity contribution is 0.474. The van der Waals surface area contributed by atoms with E-state index in [1.54, 1.807) is 6.07 Å². The molecule has 0 unspecified atom stereocenters. The molecule has 0 aliphatic heterocycles. The summed E-state index contributed by atoms with van der Waals surface area (Å²) >= 11 is 3.16. The summed E-state index contributed by atoms with van der Waals surface area (Å²) in [7, 11) is 0. The van der Waals surface area contributed by atoms with Crippen molar-refractivity contribution < 1.29 is 9.50 Å². The van der Waals surface area contributed by atoms with Gasteiger partial charge in [0, 0.05) is 10.0 Å². The van der Waals surface area contributed by atoms with Crippen LogP contribution in [-0.2, 0) is 0 Å². The number of nitrogens with two attached hydrogens (primary N) is 1. The predicted molar refractivity (Wildman–Crippen MR) is 48.9 cm³/mol. The molecule has 0 spiro atoms. The number of halogens is 2. The molecular formula is C8H7BrFNO. The Kier molecular flexibility index (Phi) is 2.70. The van der Waals surface area contributed by atoms with E-state index in [-0.39, 0.29) is 11.3 Å². The highest BCUT2D eigenvalue weighted by atomic mass is 79.9. The van der Waals surface area contributed by atoms with Crippen LogP contribution in [0.5, 0.6) is 0 Å². The quantitative estimate of drug-likeness (QED) is 0.730. The van der Waals surface area contributed by atoms with Crippen LogP contribution in [0, 0.1) is 5.82 Å². The topological polar surface area (TPSA) is 46.2 Å². The summed E-state index contributed by atoms with van der Waals surface area (Å²) in [6.45, 7) is 0. The molecule has 0 saturated heterocycles. The van der Waals surface area contributed by atoms with Gasteiger partial charge in [-0.3, -0.25) is 0 Å². The minimum Gasteiger partial charge on any atom is -0.513 e. The third-order valence-electron chi connectivity index (χ3n) is 1.38. The minimum atomic E-state index is -0.457. The maximum Gasteiger partial charge on any atom is 0.132 e. The standard InChI is InChI=1S/C8H7BrFNO/c9-5-1-2-7(10)6(3-5)8(11)4-12/h1-4,12H,11H2/b8-4-. The van der Waals surface area contributed by atoms with Crippen molar-refractivity contribution in [1.82, 2.24) is 0 Å². The number of aliphatic hydroxyl groups excluding tert-OH is 1. The van der Waals surface area contributed by atoms with Gasteiger partial charge >= 0.3 is 0 Å². The number of hydrogen-bond acceptors (Lipinski definition) is 2. The van der Waals surface area contributed by atoms with Gasteiger partial charge in [-0.15, -0.1) is 0 Å². The van der Waals surface area contributed by atoms with E-state index in [4.69, 9.17) is 10.8 Å². The summed E-state index contributed by atoms with van der Waals surface area (Å²) in [4.78, 5) is 0. The van der Waals surface area contributed by atoms with E-state index >= 15 is 0 Å². The fourth-order valence-corrected chi connectivity index (χ4v) is 1.15. The van der Waals surface area contributed by atoms with Crippen LogP contribution >= 0.6 is 15.9 Å². The minimum absolute atomic E-state index is 0.00815. The fourth-order valence-electron chi connectivity index (χ4n) is 0.788. The van der Waals surface area contributed by atoms with E-state index in [1.165, 1.54) is 12.1 Å². The van der Waals surface area contributed by atoms with Crippen molar-refractivity contribution >= 4 is 21.6 Å². The van der Waals surface area contributed by atoms with E-state index in [2.05, 4.69) is 15.9 Å². The first-order valence-corrected chi connectivity index (χ1v) is 3.99. The molecule has 0 saturated carbocycles. The van der Waals surface area contributed by atoms with E-state index in [9.17, 15) is 4.39 Å². The predicted octanol–water partition coefficient (Wildman–Crippen LogP) is 2.40. The van der Waals surface area contributed by atoms with Crippen molar-refractivity contribution in [2.75, 3.05) is 0 Å². The lowest BCUT2D eigenvalue weighted by atomic mass is 10.2. The molecule has 1 aromatic carbocycles. The molecule has 0 aliphatic carbocycles. The second kappa shape index (κ2) is 3.58. The highest BCUT2D eigenvalue weighted by molar-refractivity contribution is 9.10. The van der Waals surface area contributed by atoms with E-state index in [1.807, 2.05) is 0 Å². The van der Waals surface area contributed by atoms with Gasteiger partial charge in [0.2, 0.25) is 0 Å². The smallest absolute Gasteiger partial charge is 0.132 e. The summed E-state index contributed by atoms with van der Waals surface area (Å²) < 4.78 is 13.7. The maximum atomic E-state index is 13.0.